The molecule has 38 heavy (non-hydrogen) atoms. The molecule has 1 N–H and O–H groups in total. The largest absolute Gasteiger partial charge is 0.367 e. The summed E-state index contributed by atoms with van der Waals surface area (Å²) in [6, 6.07) is 28.4. The van der Waals surface area contributed by atoms with Crippen LogP contribution in [-0.4, -0.2) is 16.8 Å². The van der Waals surface area contributed by atoms with E-state index in [9.17, 15) is 4.79 Å². The molecule has 0 spiro atoms. The molecule has 4 nitrogen and oxygen atoms in total. The summed E-state index contributed by atoms with van der Waals surface area (Å²) in [4.78, 5) is 18.7. The third-order valence-corrected chi connectivity index (χ3v) is 7.25. The van der Waals surface area contributed by atoms with E-state index >= 15 is 0 Å². The number of benzene rings is 3. The summed E-state index contributed by atoms with van der Waals surface area (Å²) < 4.78 is 0. The maximum absolute atomic E-state index is 13.8. The minimum atomic E-state index is 0.163. The van der Waals surface area contributed by atoms with Gasteiger partial charge in [0.2, 0.25) is 0 Å². The fourth-order valence-electron chi connectivity index (χ4n) is 5.03. The highest BCUT2D eigenvalue weighted by Gasteiger charge is 2.19. The third kappa shape index (κ3) is 6.86. The molecule has 2 atom stereocenters. The molecule has 0 aliphatic rings. The van der Waals surface area contributed by atoms with Gasteiger partial charge in [-0.2, -0.15) is 5.26 Å². The van der Waals surface area contributed by atoms with E-state index in [-0.39, 0.29) is 11.8 Å². The van der Waals surface area contributed by atoms with Crippen LogP contribution in [0.4, 0.5) is 5.82 Å². The second-order valence-electron chi connectivity index (χ2n) is 10.3. The number of rotatable bonds is 12. The smallest absolute Gasteiger partial charge is 0.163 e. The second kappa shape index (κ2) is 13.0. The van der Waals surface area contributed by atoms with Crippen LogP contribution in [0.3, 0.4) is 0 Å². The van der Waals surface area contributed by atoms with Crippen LogP contribution >= 0.6 is 0 Å². The standard InChI is InChI=1S/C34H37N3O/c1-4-6-10-25(5-2)20-33(38)31-22-34(36-24(3)19-26-11-8-7-9-12-26)37-32-18-17-29(21-30(31)32)28-15-13-27(23-35)14-16-28/h7-9,11-18,21-22,24-25H,4-6,10,19-20H2,1-3H3,(H,36,37). The van der Waals surface area contributed by atoms with Crippen LogP contribution in [0.2, 0.25) is 0 Å². The Morgan fingerprint density at radius 3 is 2.39 bits per heavy atom. The predicted octanol–water partition coefficient (Wildman–Crippen LogP) is 8.61. The first kappa shape index (κ1) is 27.1. The van der Waals surface area contributed by atoms with E-state index < -0.39 is 0 Å². The number of pyridine rings is 1. The maximum Gasteiger partial charge on any atom is 0.163 e. The Morgan fingerprint density at radius 2 is 1.71 bits per heavy atom. The number of aromatic nitrogens is 1. The molecule has 0 saturated carbocycles. The molecule has 4 rings (SSSR count). The molecule has 2 unspecified atom stereocenters. The van der Waals surface area contributed by atoms with Gasteiger partial charge in [0.1, 0.15) is 5.82 Å². The summed E-state index contributed by atoms with van der Waals surface area (Å²) in [7, 11) is 0. The summed E-state index contributed by atoms with van der Waals surface area (Å²) in [6.45, 7) is 6.52. The van der Waals surface area contributed by atoms with E-state index in [0.29, 0.717) is 17.9 Å². The normalized spacial score (nSPS) is 12.6. The van der Waals surface area contributed by atoms with E-state index in [1.165, 1.54) is 5.56 Å². The molecule has 0 radical (unpaired) electrons. The number of ketones is 1. The molecular formula is C34H37N3O. The number of hydrogen-bond acceptors (Lipinski definition) is 4. The van der Waals surface area contributed by atoms with Crippen LogP contribution in [0, 0.1) is 17.2 Å². The lowest BCUT2D eigenvalue weighted by Crippen LogP contribution is -2.19. The lowest BCUT2D eigenvalue weighted by molar-refractivity contribution is 0.0958. The lowest BCUT2D eigenvalue weighted by atomic mass is 9.90. The summed E-state index contributed by atoms with van der Waals surface area (Å²) in [6.07, 6.45) is 5.80. The minimum Gasteiger partial charge on any atom is -0.367 e. The van der Waals surface area contributed by atoms with Gasteiger partial charge in [0.15, 0.2) is 5.78 Å². The number of nitriles is 1. The molecule has 1 aromatic heterocycles. The maximum atomic E-state index is 13.8. The molecule has 0 bridgehead atoms. The average Bonchev–Trinajstić information content (AvgIpc) is 2.95. The van der Waals surface area contributed by atoms with Gasteiger partial charge in [-0.3, -0.25) is 4.79 Å². The average molecular weight is 504 g/mol. The number of Topliss-reactive ketones (excluding diaryl/α,β-unsaturated/α-hetero) is 1. The van der Waals surface area contributed by atoms with E-state index in [1.54, 1.807) is 0 Å². The molecule has 1 heterocycles. The van der Waals surface area contributed by atoms with Crippen LogP contribution in [-0.2, 0) is 6.42 Å². The highest BCUT2D eigenvalue weighted by Crippen LogP contribution is 2.30. The molecule has 0 fully saturated rings. The number of anilines is 1. The third-order valence-electron chi connectivity index (χ3n) is 7.25. The van der Waals surface area contributed by atoms with Gasteiger partial charge in [-0.25, -0.2) is 4.98 Å². The molecule has 0 amide bonds. The Labute approximate surface area is 226 Å². The summed E-state index contributed by atoms with van der Waals surface area (Å²) >= 11 is 0. The van der Waals surface area contributed by atoms with Crippen molar-refractivity contribution in [3.05, 3.63) is 95.6 Å². The first-order valence-corrected chi connectivity index (χ1v) is 13.8. The van der Waals surface area contributed by atoms with Crippen molar-refractivity contribution in [1.82, 2.24) is 4.98 Å². The predicted molar refractivity (Wildman–Crippen MR) is 157 cm³/mol. The Bertz CT molecular complexity index is 1400. The number of carbonyl (C=O) groups is 1. The Balaban J connectivity index is 1.69. The monoisotopic (exact) mass is 503 g/mol. The van der Waals surface area contributed by atoms with E-state index in [1.807, 2.05) is 48.5 Å². The summed E-state index contributed by atoms with van der Waals surface area (Å²) in [5.74, 6) is 1.30. The molecule has 4 heteroatoms. The van der Waals surface area contributed by atoms with Crippen molar-refractivity contribution in [3.63, 3.8) is 0 Å². The highest BCUT2D eigenvalue weighted by atomic mass is 16.1. The van der Waals surface area contributed by atoms with Crippen molar-refractivity contribution < 1.29 is 4.79 Å². The molecule has 194 valence electrons. The number of nitrogens with one attached hydrogen (secondary N) is 1. The van der Waals surface area contributed by atoms with Gasteiger partial charge in [-0.05, 0) is 66.3 Å². The molecule has 4 aromatic rings. The van der Waals surface area contributed by atoms with Crippen LogP contribution in [0.5, 0.6) is 0 Å². The molecule has 0 aliphatic heterocycles. The fraction of sp³-hybridized carbons (Fsp3) is 0.324. The molecule has 0 aliphatic carbocycles. The van der Waals surface area contributed by atoms with Crippen molar-refractivity contribution in [3.8, 4) is 17.2 Å². The second-order valence-corrected chi connectivity index (χ2v) is 10.3. The highest BCUT2D eigenvalue weighted by molar-refractivity contribution is 6.09. The van der Waals surface area contributed by atoms with Gasteiger partial charge in [-0.15, -0.1) is 0 Å². The first-order chi connectivity index (χ1) is 18.5. The van der Waals surface area contributed by atoms with Crippen LogP contribution in [0.1, 0.15) is 74.4 Å². The zero-order valence-corrected chi connectivity index (χ0v) is 22.7. The van der Waals surface area contributed by atoms with Gasteiger partial charge in [-0.1, -0.05) is 88.1 Å². The number of unbranched alkanes of at least 4 members (excludes halogenated alkanes) is 1. The van der Waals surface area contributed by atoms with Gasteiger partial charge in [0.05, 0.1) is 17.1 Å². The Hall–Kier alpha value is -3.97. The van der Waals surface area contributed by atoms with Gasteiger partial charge < -0.3 is 5.32 Å². The first-order valence-electron chi connectivity index (χ1n) is 13.8. The molecular weight excluding hydrogens is 466 g/mol. The van der Waals surface area contributed by atoms with Gasteiger partial charge >= 0.3 is 0 Å². The van der Waals surface area contributed by atoms with Crippen LogP contribution < -0.4 is 5.32 Å². The van der Waals surface area contributed by atoms with Crippen molar-refractivity contribution in [2.45, 2.75) is 65.3 Å². The van der Waals surface area contributed by atoms with Crippen molar-refractivity contribution in [2.24, 2.45) is 5.92 Å². The number of carbonyl (C=O) groups excluding carboxylic acids is 1. The molecule has 3 aromatic carbocycles. The Morgan fingerprint density at radius 1 is 0.974 bits per heavy atom. The molecule has 0 saturated heterocycles. The van der Waals surface area contributed by atoms with E-state index in [0.717, 1.165) is 65.5 Å². The van der Waals surface area contributed by atoms with Crippen LogP contribution in [0.25, 0.3) is 22.0 Å². The zero-order chi connectivity index (χ0) is 26.9. The number of fused-ring (bicyclic) bond motifs is 1. The fourth-order valence-corrected chi connectivity index (χ4v) is 5.03. The summed E-state index contributed by atoms with van der Waals surface area (Å²) in [5, 5.41) is 13.6. The number of hydrogen-bond donors (Lipinski definition) is 1. The van der Waals surface area contributed by atoms with Crippen molar-refractivity contribution in [1.29, 1.82) is 5.26 Å². The Kier molecular flexibility index (Phi) is 9.27. The minimum absolute atomic E-state index is 0.163. The van der Waals surface area contributed by atoms with Crippen molar-refractivity contribution >= 4 is 22.5 Å². The van der Waals surface area contributed by atoms with Gasteiger partial charge in [0.25, 0.3) is 0 Å². The van der Waals surface area contributed by atoms with Gasteiger partial charge in [0, 0.05) is 23.4 Å². The van der Waals surface area contributed by atoms with Crippen molar-refractivity contribution in [2.75, 3.05) is 5.32 Å². The topological polar surface area (TPSA) is 65.8 Å². The quantitative estimate of drug-likeness (QED) is 0.197. The number of nitrogens with zero attached hydrogens (tertiary/aromatic N) is 2. The lowest BCUT2D eigenvalue weighted by Gasteiger charge is -2.18. The SMILES string of the molecule is CCCCC(CC)CC(=O)c1cc(NC(C)Cc2ccccc2)nc2ccc(-c3ccc(C#N)cc3)cc12. The van der Waals surface area contributed by atoms with Crippen LogP contribution in [0.15, 0.2) is 78.9 Å². The van der Waals surface area contributed by atoms with E-state index in [2.05, 4.69) is 62.5 Å². The summed E-state index contributed by atoms with van der Waals surface area (Å²) in [5.41, 5.74) is 5.45. The van der Waals surface area contributed by atoms with E-state index in [4.69, 9.17) is 10.2 Å². The zero-order valence-electron chi connectivity index (χ0n) is 22.7.